The zero-order chi connectivity index (χ0) is 16.4. The Morgan fingerprint density at radius 1 is 1.39 bits per heavy atom. The number of rotatable bonds is 6. The third-order valence-electron chi connectivity index (χ3n) is 3.30. The van der Waals surface area contributed by atoms with Crippen LogP contribution >= 0.6 is 45.9 Å². The SMILES string of the molecule is N[C@@H](CF)Cc1sc2c(NCc3cccs3)cc(Cl)nc2c1Cl. The highest BCUT2D eigenvalue weighted by Gasteiger charge is 2.18. The Morgan fingerprint density at radius 2 is 2.22 bits per heavy atom. The van der Waals surface area contributed by atoms with Gasteiger partial charge in [-0.1, -0.05) is 29.3 Å². The van der Waals surface area contributed by atoms with Gasteiger partial charge < -0.3 is 11.1 Å². The number of aromatic nitrogens is 1. The predicted molar refractivity (Wildman–Crippen MR) is 98.9 cm³/mol. The van der Waals surface area contributed by atoms with Crippen molar-refractivity contribution in [2.24, 2.45) is 5.73 Å². The van der Waals surface area contributed by atoms with Gasteiger partial charge in [-0.2, -0.15) is 0 Å². The Hall–Kier alpha value is -0.920. The molecule has 0 aliphatic rings. The molecule has 0 aliphatic heterocycles. The fourth-order valence-electron chi connectivity index (χ4n) is 2.20. The van der Waals surface area contributed by atoms with Crippen LogP contribution in [0.1, 0.15) is 9.75 Å². The average molecular weight is 390 g/mol. The van der Waals surface area contributed by atoms with Crippen LogP contribution in [0.3, 0.4) is 0 Å². The molecule has 3 nitrogen and oxygen atoms in total. The molecule has 1 atom stereocenters. The Morgan fingerprint density at radius 3 is 2.91 bits per heavy atom. The van der Waals surface area contributed by atoms with Crippen molar-refractivity contribution in [1.29, 1.82) is 0 Å². The molecule has 23 heavy (non-hydrogen) atoms. The lowest BCUT2D eigenvalue weighted by Crippen LogP contribution is -2.24. The van der Waals surface area contributed by atoms with Gasteiger partial charge in [0.1, 0.15) is 17.3 Å². The normalized spacial score (nSPS) is 12.7. The van der Waals surface area contributed by atoms with E-state index in [9.17, 15) is 4.39 Å². The fraction of sp³-hybridized carbons (Fsp3) is 0.267. The van der Waals surface area contributed by atoms with E-state index in [2.05, 4.69) is 16.4 Å². The van der Waals surface area contributed by atoms with Gasteiger partial charge in [0.05, 0.1) is 15.4 Å². The number of thiophene rings is 2. The van der Waals surface area contributed by atoms with E-state index in [0.29, 0.717) is 28.7 Å². The summed E-state index contributed by atoms with van der Waals surface area (Å²) >= 11 is 15.7. The van der Waals surface area contributed by atoms with Crippen molar-refractivity contribution in [3.63, 3.8) is 0 Å². The van der Waals surface area contributed by atoms with E-state index in [0.717, 1.165) is 15.3 Å². The second-order valence-corrected chi connectivity index (χ2v) is 7.96. The highest BCUT2D eigenvalue weighted by molar-refractivity contribution is 7.20. The number of hydrogen-bond donors (Lipinski definition) is 2. The van der Waals surface area contributed by atoms with E-state index in [1.807, 2.05) is 11.4 Å². The molecule has 0 bridgehead atoms. The molecule has 3 aromatic heterocycles. The molecule has 0 spiro atoms. The quantitative estimate of drug-likeness (QED) is 0.575. The highest BCUT2D eigenvalue weighted by atomic mass is 35.5. The molecular weight excluding hydrogens is 376 g/mol. The van der Waals surface area contributed by atoms with Gasteiger partial charge in [0.2, 0.25) is 0 Å². The van der Waals surface area contributed by atoms with Crippen LogP contribution in [-0.4, -0.2) is 17.7 Å². The summed E-state index contributed by atoms with van der Waals surface area (Å²) in [5.41, 5.74) is 7.21. The molecule has 0 fully saturated rings. The van der Waals surface area contributed by atoms with Crippen molar-refractivity contribution in [2.45, 2.75) is 19.0 Å². The minimum absolute atomic E-state index is 0.368. The molecule has 0 aliphatic carbocycles. The van der Waals surface area contributed by atoms with Gasteiger partial charge in [-0.25, -0.2) is 9.37 Å². The van der Waals surface area contributed by atoms with Crippen molar-refractivity contribution >= 4 is 61.8 Å². The molecule has 0 amide bonds. The maximum atomic E-state index is 12.7. The molecular formula is C15H14Cl2FN3S2. The fourth-order valence-corrected chi connectivity index (χ4v) is 4.64. The minimum Gasteiger partial charge on any atom is -0.379 e. The average Bonchev–Trinajstić information content (AvgIpc) is 3.15. The molecule has 0 saturated carbocycles. The Bertz CT molecular complexity index is 805. The summed E-state index contributed by atoms with van der Waals surface area (Å²) < 4.78 is 13.6. The number of hydrogen-bond acceptors (Lipinski definition) is 5. The lowest BCUT2D eigenvalue weighted by Gasteiger charge is -2.06. The zero-order valence-corrected chi connectivity index (χ0v) is 15.1. The Labute approximate surface area is 151 Å². The molecule has 3 rings (SSSR count). The Balaban J connectivity index is 1.95. The lowest BCUT2D eigenvalue weighted by atomic mass is 10.2. The number of nitrogens with two attached hydrogens (primary N) is 1. The maximum Gasteiger partial charge on any atom is 0.131 e. The summed E-state index contributed by atoms with van der Waals surface area (Å²) in [6.07, 6.45) is 0.387. The first-order valence-corrected chi connectivity index (χ1v) is 9.39. The van der Waals surface area contributed by atoms with Gasteiger partial charge in [-0.05, 0) is 11.4 Å². The van der Waals surface area contributed by atoms with Crippen molar-refractivity contribution in [1.82, 2.24) is 4.98 Å². The molecule has 3 N–H and O–H groups in total. The van der Waals surface area contributed by atoms with E-state index in [-0.39, 0.29) is 0 Å². The Kier molecular flexibility index (Phi) is 5.38. The number of nitrogens with zero attached hydrogens (tertiary/aromatic N) is 1. The van der Waals surface area contributed by atoms with Crippen molar-refractivity contribution in [3.8, 4) is 0 Å². The van der Waals surface area contributed by atoms with Gasteiger partial charge in [-0.15, -0.1) is 22.7 Å². The van der Waals surface area contributed by atoms with Crippen molar-refractivity contribution in [3.05, 3.63) is 43.5 Å². The van der Waals surface area contributed by atoms with E-state index >= 15 is 0 Å². The highest BCUT2D eigenvalue weighted by Crippen LogP contribution is 2.40. The van der Waals surface area contributed by atoms with Crippen molar-refractivity contribution in [2.75, 3.05) is 12.0 Å². The van der Waals surface area contributed by atoms with Gasteiger partial charge in [0.15, 0.2) is 0 Å². The summed E-state index contributed by atoms with van der Waals surface area (Å²) in [6, 6.07) is 5.29. The molecule has 0 aromatic carbocycles. The second-order valence-electron chi connectivity index (χ2n) is 5.06. The molecule has 0 unspecified atom stereocenters. The summed E-state index contributed by atoms with van der Waals surface area (Å²) in [5.74, 6) is 0. The number of anilines is 1. The van der Waals surface area contributed by atoms with Gasteiger partial charge in [0, 0.05) is 34.8 Å². The van der Waals surface area contributed by atoms with Crippen LogP contribution in [0, 0.1) is 0 Å². The maximum absolute atomic E-state index is 12.7. The second kappa shape index (κ2) is 7.32. The first-order valence-electron chi connectivity index (χ1n) is 6.93. The van der Waals surface area contributed by atoms with E-state index in [1.54, 1.807) is 17.4 Å². The summed E-state index contributed by atoms with van der Waals surface area (Å²) in [7, 11) is 0. The monoisotopic (exact) mass is 389 g/mol. The van der Waals surface area contributed by atoms with Crippen LogP contribution in [0.25, 0.3) is 10.2 Å². The van der Waals surface area contributed by atoms with Crippen LogP contribution in [0.15, 0.2) is 23.6 Å². The van der Waals surface area contributed by atoms with Gasteiger partial charge in [-0.3, -0.25) is 0 Å². The van der Waals surface area contributed by atoms with Crippen LogP contribution in [0.5, 0.6) is 0 Å². The topological polar surface area (TPSA) is 50.9 Å². The molecule has 3 aromatic rings. The number of pyridine rings is 1. The number of fused-ring (bicyclic) bond motifs is 1. The van der Waals surface area contributed by atoms with E-state index < -0.39 is 12.7 Å². The van der Waals surface area contributed by atoms with E-state index in [4.69, 9.17) is 28.9 Å². The minimum atomic E-state index is -0.581. The zero-order valence-electron chi connectivity index (χ0n) is 12.0. The molecule has 0 saturated heterocycles. The number of halogens is 3. The van der Waals surface area contributed by atoms with Gasteiger partial charge >= 0.3 is 0 Å². The first-order chi connectivity index (χ1) is 11.1. The summed E-state index contributed by atoms with van der Waals surface area (Å²) in [4.78, 5) is 6.36. The lowest BCUT2D eigenvalue weighted by molar-refractivity contribution is 0.428. The number of alkyl halides is 1. The smallest absolute Gasteiger partial charge is 0.131 e. The summed E-state index contributed by atoms with van der Waals surface area (Å²) in [6.45, 7) is 0.115. The van der Waals surface area contributed by atoms with Crippen LogP contribution < -0.4 is 11.1 Å². The molecule has 3 heterocycles. The van der Waals surface area contributed by atoms with Crippen molar-refractivity contribution < 1.29 is 4.39 Å². The van der Waals surface area contributed by atoms with Crippen LogP contribution in [0.4, 0.5) is 10.1 Å². The van der Waals surface area contributed by atoms with Crippen LogP contribution in [0.2, 0.25) is 10.2 Å². The van der Waals surface area contributed by atoms with Crippen LogP contribution in [-0.2, 0) is 13.0 Å². The largest absolute Gasteiger partial charge is 0.379 e. The third-order valence-corrected chi connectivity index (χ3v) is 6.12. The molecule has 0 radical (unpaired) electrons. The third kappa shape index (κ3) is 3.78. The molecule has 122 valence electrons. The first kappa shape index (κ1) is 16.9. The van der Waals surface area contributed by atoms with E-state index in [1.165, 1.54) is 16.2 Å². The molecule has 8 heteroatoms. The standard InChI is InChI=1S/C15H14Cl2FN3S2/c16-12-5-10(20-7-9-2-1-3-22-9)15-14(21-12)13(17)11(23-15)4-8(19)6-18/h1-3,5,8H,4,6-7,19H2,(H,20,21)/t8-/m1/s1. The number of nitrogens with one attached hydrogen (secondary N) is 1. The van der Waals surface area contributed by atoms with Gasteiger partial charge in [0.25, 0.3) is 0 Å². The predicted octanol–water partition coefficient (Wildman–Crippen LogP) is 5.12. The summed E-state index contributed by atoms with van der Waals surface area (Å²) in [5, 5.41) is 6.28.